The number of nitrogens with one attached hydrogen (secondary N) is 1. The minimum atomic E-state index is -0.480. The Morgan fingerprint density at radius 2 is 1.82 bits per heavy atom. The number of methoxy groups -OCH3 is 1. The van der Waals surface area contributed by atoms with Gasteiger partial charge in [-0.25, -0.2) is 0 Å². The molecule has 144 valence electrons. The predicted molar refractivity (Wildman–Crippen MR) is 104 cm³/mol. The second kappa shape index (κ2) is 8.85. The Labute approximate surface area is 162 Å². The van der Waals surface area contributed by atoms with Crippen LogP contribution in [0.5, 0.6) is 5.75 Å². The minimum Gasteiger partial charge on any atom is -0.496 e. The summed E-state index contributed by atoms with van der Waals surface area (Å²) in [6.45, 7) is 0.344. The molecule has 7 heteroatoms. The van der Waals surface area contributed by atoms with Crippen molar-refractivity contribution < 1.29 is 18.8 Å². The van der Waals surface area contributed by atoms with E-state index in [0.29, 0.717) is 23.6 Å². The summed E-state index contributed by atoms with van der Waals surface area (Å²) in [5.41, 5.74) is 1.80. The number of nitrogens with zero attached hydrogens (tertiary/aromatic N) is 2. The van der Waals surface area contributed by atoms with Crippen molar-refractivity contribution in [1.82, 2.24) is 15.4 Å². The number of carbonyl (C=O) groups excluding carboxylic acids is 2. The standard InChI is InChI=1S/C21H21N3O4/c1-24(14-15-8-4-3-5-9-15)20(25)13-22-21(26)17-12-19(28-23-17)16-10-6-7-11-18(16)27-2/h3-12H,13-14H2,1-2H3,(H,22,26). The average molecular weight is 379 g/mol. The van der Waals surface area contributed by atoms with E-state index in [-0.39, 0.29) is 18.1 Å². The van der Waals surface area contributed by atoms with E-state index in [1.54, 1.807) is 25.1 Å². The molecule has 0 aliphatic heterocycles. The van der Waals surface area contributed by atoms with E-state index in [1.165, 1.54) is 6.07 Å². The second-order valence-electron chi connectivity index (χ2n) is 6.19. The molecule has 0 saturated heterocycles. The van der Waals surface area contributed by atoms with Gasteiger partial charge < -0.3 is 19.5 Å². The molecule has 1 N–H and O–H groups in total. The average Bonchev–Trinajstić information content (AvgIpc) is 3.22. The number of hydrogen-bond acceptors (Lipinski definition) is 5. The van der Waals surface area contributed by atoms with Crippen LogP contribution in [-0.4, -0.2) is 42.6 Å². The topological polar surface area (TPSA) is 84.7 Å². The molecule has 7 nitrogen and oxygen atoms in total. The fourth-order valence-corrected chi connectivity index (χ4v) is 2.68. The SMILES string of the molecule is COc1ccccc1-c1cc(C(=O)NCC(=O)N(C)Cc2ccccc2)no1. The molecule has 0 spiro atoms. The van der Waals surface area contributed by atoms with Gasteiger partial charge in [0.15, 0.2) is 11.5 Å². The molecule has 0 fully saturated rings. The highest BCUT2D eigenvalue weighted by atomic mass is 16.5. The zero-order valence-electron chi connectivity index (χ0n) is 15.7. The zero-order valence-corrected chi connectivity index (χ0v) is 15.7. The van der Waals surface area contributed by atoms with Crippen LogP contribution in [0.2, 0.25) is 0 Å². The molecule has 3 rings (SSSR count). The van der Waals surface area contributed by atoms with Crippen molar-refractivity contribution in [2.45, 2.75) is 6.54 Å². The lowest BCUT2D eigenvalue weighted by Gasteiger charge is -2.17. The van der Waals surface area contributed by atoms with Gasteiger partial charge in [-0.15, -0.1) is 0 Å². The van der Waals surface area contributed by atoms with Crippen LogP contribution in [0, 0.1) is 0 Å². The normalized spacial score (nSPS) is 10.4. The highest BCUT2D eigenvalue weighted by Crippen LogP contribution is 2.29. The number of para-hydroxylation sites is 1. The van der Waals surface area contributed by atoms with Gasteiger partial charge in [0.05, 0.1) is 19.2 Å². The van der Waals surface area contributed by atoms with E-state index in [4.69, 9.17) is 9.26 Å². The van der Waals surface area contributed by atoms with Crippen molar-refractivity contribution in [1.29, 1.82) is 0 Å². The summed E-state index contributed by atoms with van der Waals surface area (Å²) in [5.74, 6) is 0.343. The molecule has 0 saturated carbocycles. The third-order valence-electron chi connectivity index (χ3n) is 4.20. The number of amides is 2. The number of aromatic nitrogens is 1. The lowest BCUT2D eigenvalue weighted by Crippen LogP contribution is -2.37. The summed E-state index contributed by atoms with van der Waals surface area (Å²) >= 11 is 0. The number of carbonyl (C=O) groups is 2. The first-order valence-electron chi connectivity index (χ1n) is 8.74. The highest BCUT2D eigenvalue weighted by molar-refractivity contribution is 5.95. The van der Waals surface area contributed by atoms with Crippen LogP contribution in [0.25, 0.3) is 11.3 Å². The molecule has 28 heavy (non-hydrogen) atoms. The van der Waals surface area contributed by atoms with E-state index >= 15 is 0 Å². The maximum atomic E-state index is 12.3. The lowest BCUT2D eigenvalue weighted by atomic mass is 10.1. The number of hydrogen-bond donors (Lipinski definition) is 1. The van der Waals surface area contributed by atoms with Crippen LogP contribution >= 0.6 is 0 Å². The molecule has 1 aromatic heterocycles. The van der Waals surface area contributed by atoms with E-state index < -0.39 is 5.91 Å². The fraction of sp³-hybridized carbons (Fsp3) is 0.190. The van der Waals surface area contributed by atoms with Crippen molar-refractivity contribution in [3.63, 3.8) is 0 Å². The van der Waals surface area contributed by atoms with Crippen LogP contribution in [0.3, 0.4) is 0 Å². The minimum absolute atomic E-state index is 0.0967. The van der Waals surface area contributed by atoms with Gasteiger partial charge >= 0.3 is 0 Å². The van der Waals surface area contributed by atoms with Crippen molar-refractivity contribution >= 4 is 11.8 Å². The molecule has 0 aliphatic rings. The first-order valence-corrected chi connectivity index (χ1v) is 8.74. The van der Waals surface area contributed by atoms with Crippen LogP contribution in [0.15, 0.2) is 65.2 Å². The number of ether oxygens (including phenoxy) is 1. The Morgan fingerprint density at radius 1 is 1.11 bits per heavy atom. The van der Waals surface area contributed by atoms with Crippen molar-refractivity contribution in [2.75, 3.05) is 20.7 Å². The van der Waals surface area contributed by atoms with E-state index in [0.717, 1.165) is 5.56 Å². The predicted octanol–water partition coefficient (Wildman–Crippen LogP) is 2.74. The van der Waals surface area contributed by atoms with Crippen LogP contribution in [-0.2, 0) is 11.3 Å². The molecule has 1 heterocycles. The molecule has 0 unspecified atom stereocenters. The van der Waals surface area contributed by atoms with Crippen LogP contribution < -0.4 is 10.1 Å². The third-order valence-corrected chi connectivity index (χ3v) is 4.20. The Balaban J connectivity index is 1.58. The summed E-state index contributed by atoms with van der Waals surface area (Å²) in [6, 6.07) is 18.4. The number of benzene rings is 2. The van der Waals surface area contributed by atoms with Crippen LogP contribution in [0.4, 0.5) is 0 Å². The molecule has 2 aromatic carbocycles. The van der Waals surface area contributed by atoms with Gasteiger partial charge in [-0.1, -0.05) is 47.6 Å². The quantitative estimate of drug-likeness (QED) is 0.682. The smallest absolute Gasteiger partial charge is 0.273 e. The highest BCUT2D eigenvalue weighted by Gasteiger charge is 2.17. The van der Waals surface area contributed by atoms with Gasteiger partial charge in [0.25, 0.3) is 5.91 Å². The summed E-state index contributed by atoms with van der Waals surface area (Å²) < 4.78 is 10.5. The van der Waals surface area contributed by atoms with Gasteiger partial charge in [-0.3, -0.25) is 9.59 Å². The maximum Gasteiger partial charge on any atom is 0.273 e. The van der Waals surface area contributed by atoms with E-state index in [9.17, 15) is 9.59 Å². The van der Waals surface area contributed by atoms with Crippen molar-refractivity contribution in [3.05, 3.63) is 71.9 Å². The first-order chi connectivity index (χ1) is 13.6. The Morgan fingerprint density at radius 3 is 2.57 bits per heavy atom. The van der Waals surface area contributed by atoms with Gasteiger partial charge in [0.1, 0.15) is 5.75 Å². The molecule has 0 bridgehead atoms. The molecule has 0 aliphatic carbocycles. The Hall–Kier alpha value is -3.61. The fourth-order valence-electron chi connectivity index (χ4n) is 2.68. The summed E-state index contributed by atoms with van der Waals surface area (Å²) in [6.07, 6.45) is 0. The number of likely N-dealkylation sites (N-methyl/N-ethyl adjacent to an activating group) is 1. The Kier molecular flexibility index (Phi) is 6.06. The largest absolute Gasteiger partial charge is 0.496 e. The monoisotopic (exact) mass is 379 g/mol. The van der Waals surface area contributed by atoms with Crippen molar-refractivity contribution in [2.24, 2.45) is 0 Å². The Bertz CT molecular complexity index is 953. The second-order valence-corrected chi connectivity index (χ2v) is 6.19. The molecule has 0 radical (unpaired) electrons. The molecule has 3 aromatic rings. The molecular formula is C21H21N3O4. The van der Waals surface area contributed by atoms with Crippen LogP contribution in [0.1, 0.15) is 16.1 Å². The van der Waals surface area contributed by atoms with E-state index in [2.05, 4.69) is 10.5 Å². The molecular weight excluding hydrogens is 358 g/mol. The van der Waals surface area contributed by atoms with Gasteiger partial charge in [-0.2, -0.15) is 0 Å². The van der Waals surface area contributed by atoms with Crippen molar-refractivity contribution in [3.8, 4) is 17.1 Å². The molecule has 2 amide bonds. The summed E-state index contributed by atoms with van der Waals surface area (Å²) in [4.78, 5) is 26.1. The van der Waals surface area contributed by atoms with Gasteiger partial charge in [0, 0.05) is 19.7 Å². The summed E-state index contributed by atoms with van der Waals surface area (Å²) in [7, 11) is 3.25. The lowest BCUT2D eigenvalue weighted by molar-refractivity contribution is -0.129. The third kappa shape index (κ3) is 4.56. The summed E-state index contributed by atoms with van der Waals surface area (Å²) in [5, 5.41) is 6.37. The maximum absolute atomic E-state index is 12.3. The van der Waals surface area contributed by atoms with Gasteiger partial charge in [-0.05, 0) is 17.7 Å². The first kappa shape index (κ1) is 19.2. The van der Waals surface area contributed by atoms with Gasteiger partial charge in [0.2, 0.25) is 5.91 Å². The van der Waals surface area contributed by atoms with E-state index in [1.807, 2.05) is 48.5 Å². The number of rotatable bonds is 7. The molecule has 0 atom stereocenters. The zero-order chi connectivity index (χ0) is 19.9.